The minimum absolute atomic E-state index is 0.0294. The molecule has 4 rings (SSSR count). The van der Waals surface area contributed by atoms with Gasteiger partial charge in [-0.15, -0.1) is 0 Å². The van der Waals surface area contributed by atoms with E-state index in [-0.39, 0.29) is 80.8 Å². The van der Waals surface area contributed by atoms with Gasteiger partial charge in [-0.25, -0.2) is 8.78 Å². The van der Waals surface area contributed by atoms with E-state index in [0.717, 1.165) is 14.7 Å². The summed E-state index contributed by atoms with van der Waals surface area (Å²) in [7, 11) is 2.63. The fourth-order valence-electron chi connectivity index (χ4n) is 8.08. The van der Waals surface area contributed by atoms with E-state index in [1.807, 2.05) is 0 Å². The number of benzene rings is 1. The highest BCUT2D eigenvalue weighted by Gasteiger charge is 2.59. The summed E-state index contributed by atoms with van der Waals surface area (Å²) in [5, 5.41) is 18.1. The number of carbonyl (C=O) groups excluding carboxylic acids is 7. The van der Waals surface area contributed by atoms with Gasteiger partial charge in [0.25, 0.3) is 5.91 Å². The SMILES string of the molecule is CC[C@H](NC(=O)[C@@H]1C[C@@H](F)CN1C(=O)[C@@](C)(O)C(F)(F)F)C(=O)N(C)[C@H]1CCCCNC(=O)[C@H]2C[C@@H](F)CN2C(=O)[C@H](Cc2cc(Br)ccc2Cl)N(C)C(=O)[C@H](CC(C)C)NC1=O. The third-order valence-electron chi connectivity index (χ3n) is 11.8. The van der Waals surface area contributed by atoms with Crippen LogP contribution in [0.3, 0.4) is 0 Å². The van der Waals surface area contributed by atoms with Crippen molar-refractivity contribution in [1.29, 1.82) is 0 Å². The largest absolute Gasteiger partial charge is 0.426 e. The molecule has 0 aliphatic carbocycles. The minimum atomic E-state index is -5.45. The molecule has 4 N–H and O–H groups in total. The van der Waals surface area contributed by atoms with Crippen LogP contribution in [0.15, 0.2) is 22.7 Å². The van der Waals surface area contributed by atoms with Crippen LogP contribution < -0.4 is 16.0 Å². The molecular formula is C41H56BrClF5N7O8. The van der Waals surface area contributed by atoms with E-state index >= 15 is 4.39 Å². The van der Waals surface area contributed by atoms with Gasteiger partial charge < -0.3 is 40.7 Å². The second-order valence-electron chi connectivity index (χ2n) is 17.0. The number of hydrogen-bond acceptors (Lipinski definition) is 8. The Labute approximate surface area is 376 Å². The van der Waals surface area contributed by atoms with Crippen LogP contribution in [0.2, 0.25) is 5.02 Å². The van der Waals surface area contributed by atoms with Gasteiger partial charge in [-0.05, 0) is 68.7 Å². The molecule has 0 aromatic heterocycles. The molecule has 0 spiro atoms. The molecule has 3 heterocycles. The van der Waals surface area contributed by atoms with Gasteiger partial charge in [0.15, 0.2) is 0 Å². The monoisotopic (exact) mass is 983 g/mol. The molecule has 9 atom stereocenters. The second kappa shape index (κ2) is 21.3. The van der Waals surface area contributed by atoms with E-state index in [2.05, 4.69) is 31.9 Å². The minimum Gasteiger partial charge on any atom is -0.373 e. The summed E-state index contributed by atoms with van der Waals surface area (Å²) >= 11 is 9.92. The van der Waals surface area contributed by atoms with Crippen LogP contribution >= 0.6 is 27.5 Å². The number of fused-ring (bicyclic) bond motifs is 1. The highest BCUT2D eigenvalue weighted by Crippen LogP contribution is 2.35. The van der Waals surface area contributed by atoms with Gasteiger partial charge in [-0.2, -0.15) is 13.2 Å². The topological polar surface area (TPSA) is 189 Å². The van der Waals surface area contributed by atoms with Crippen molar-refractivity contribution in [2.24, 2.45) is 5.92 Å². The molecule has 0 radical (unpaired) electrons. The molecule has 3 aliphatic heterocycles. The maximum Gasteiger partial charge on any atom is 0.426 e. The molecule has 7 amide bonds. The number of carbonyl (C=O) groups is 7. The molecule has 63 heavy (non-hydrogen) atoms. The molecule has 15 nitrogen and oxygen atoms in total. The number of hydrogen-bond donors (Lipinski definition) is 4. The summed E-state index contributed by atoms with van der Waals surface area (Å²) in [4.78, 5) is 101. The standard InChI is InChI=1S/C41H56BrClF5N7O8/c1-7-27(50-35(58)31-18-25(45)20-55(31)39(62)40(4,63)41(46,47)48)36(59)52(5)29-10-8-9-13-49-33(56)30-17-24(44)19-54(30)38(61)32(16-22-15-23(42)11-12-26(22)43)53(6)37(60)28(14-21(2)3)51-34(29)57/h11-12,15,21,24-25,27-32,63H,7-10,13-14,16-20H2,1-6H3,(H,49,56)(H,50,58)(H,51,57)/t24-,25-,27+,28+,29+,30-,31+,32+,40-/m1/s1. The first kappa shape index (κ1) is 51.5. The summed E-state index contributed by atoms with van der Waals surface area (Å²) in [5.41, 5.74) is -3.47. The van der Waals surface area contributed by atoms with Crippen molar-refractivity contribution in [1.82, 2.24) is 35.6 Å². The number of amides is 7. The Morgan fingerprint density at radius 1 is 1.03 bits per heavy atom. The van der Waals surface area contributed by atoms with Crippen molar-refractivity contribution in [3.05, 3.63) is 33.3 Å². The number of alkyl halides is 5. The third-order valence-corrected chi connectivity index (χ3v) is 12.7. The Morgan fingerprint density at radius 2 is 1.68 bits per heavy atom. The molecular weight excluding hydrogens is 929 g/mol. The Bertz CT molecular complexity index is 1900. The maximum absolute atomic E-state index is 15.0. The predicted octanol–water partition coefficient (Wildman–Crippen LogP) is 3.22. The van der Waals surface area contributed by atoms with Crippen LogP contribution in [0.1, 0.15) is 78.2 Å². The Hall–Kier alpha value is -4.11. The highest BCUT2D eigenvalue weighted by molar-refractivity contribution is 9.10. The Kier molecular flexibility index (Phi) is 17.4. The molecule has 1 aromatic rings. The average Bonchev–Trinajstić information content (AvgIpc) is 3.80. The number of nitrogens with one attached hydrogen (secondary N) is 3. The zero-order valence-corrected chi connectivity index (χ0v) is 38.3. The molecule has 22 heteroatoms. The van der Waals surface area contributed by atoms with Crippen molar-refractivity contribution >= 4 is 68.9 Å². The summed E-state index contributed by atoms with van der Waals surface area (Å²) in [5.74, 6) is -6.96. The lowest BCUT2D eigenvalue weighted by Crippen LogP contribution is -2.61. The van der Waals surface area contributed by atoms with E-state index < -0.39 is 115 Å². The van der Waals surface area contributed by atoms with Crippen LogP contribution in [0.25, 0.3) is 0 Å². The lowest BCUT2D eigenvalue weighted by molar-refractivity contribution is -0.250. The van der Waals surface area contributed by atoms with Gasteiger partial charge in [0.05, 0.1) is 13.1 Å². The molecule has 3 aliphatic rings. The Morgan fingerprint density at radius 3 is 2.30 bits per heavy atom. The van der Waals surface area contributed by atoms with Crippen LogP contribution in [-0.4, -0.2) is 160 Å². The van der Waals surface area contributed by atoms with Gasteiger partial charge in [-0.3, -0.25) is 33.6 Å². The molecule has 0 saturated carbocycles. The van der Waals surface area contributed by atoms with Crippen molar-refractivity contribution in [2.45, 2.75) is 139 Å². The van der Waals surface area contributed by atoms with Crippen LogP contribution in [0.4, 0.5) is 22.0 Å². The highest BCUT2D eigenvalue weighted by atomic mass is 79.9. The summed E-state index contributed by atoms with van der Waals surface area (Å²) < 4.78 is 70.9. The van der Waals surface area contributed by atoms with Crippen LogP contribution in [0, 0.1) is 5.92 Å². The first-order chi connectivity index (χ1) is 29.3. The maximum atomic E-state index is 15.0. The van der Waals surface area contributed by atoms with Crippen LogP contribution in [0.5, 0.6) is 0 Å². The van der Waals surface area contributed by atoms with Crippen molar-refractivity contribution < 1.29 is 60.6 Å². The third kappa shape index (κ3) is 12.2. The van der Waals surface area contributed by atoms with Gasteiger partial charge in [0, 0.05) is 49.4 Å². The summed E-state index contributed by atoms with van der Waals surface area (Å²) in [6.45, 7) is 4.03. The lowest BCUT2D eigenvalue weighted by atomic mass is 9.98. The zero-order valence-electron chi connectivity index (χ0n) is 35.9. The number of halogens is 7. The van der Waals surface area contributed by atoms with Crippen molar-refractivity contribution in [3.63, 3.8) is 0 Å². The smallest absolute Gasteiger partial charge is 0.373 e. The fraction of sp³-hybridized carbons (Fsp3) is 0.683. The van der Waals surface area contributed by atoms with Crippen molar-refractivity contribution in [2.75, 3.05) is 33.7 Å². The van der Waals surface area contributed by atoms with E-state index in [4.69, 9.17) is 11.6 Å². The van der Waals surface area contributed by atoms with E-state index in [9.17, 15) is 56.2 Å². The van der Waals surface area contributed by atoms with E-state index in [1.165, 1.54) is 21.0 Å². The quantitative estimate of drug-likeness (QED) is 0.258. The van der Waals surface area contributed by atoms with Gasteiger partial charge in [0.1, 0.15) is 48.6 Å². The number of likely N-dealkylation sites (tertiary alicyclic amines) is 1. The molecule has 0 bridgehead atoms. The van der Waals surface area contributed by atoms with Crippen molar-refractivity contribution in [3.8, 4) is 0 Å². The van der Waals surface area contributed by atoms with Gasteiger partial charge in [-0.1, -0.05) is 48.3 Å². The number of likely N-dealkylation sites (N-methyl/N-ethyl adjacent to an activating group) is 2. The fourth-order valence-corrected chi connectivity index (χ4v) is 8.69. The summed E-state index contributed by atoms with van der Waals surface area (Å²) in [6, 6.07) is -3.39. The lowest BCUT2D eigenvalue weighted by Gasteiger charge is -2.36. The first-order valence-electron chi connectivity index (χ1n) is 20.8. The summed E-state index contributed by atoms with van der Waals surface area (Å²) in [6.07, 6.45) is -9.61. The number of aliphatic hydroxyl groups is 1. The molecule has 3 fully saturated rings. The molecule has 352 valence electrons. The van der Waals surface area contributed by atoms with Crippen LogP contribution in [-0.2, 0) is 40.0 Å². The molecule has 1 aromatic carbocycles. The first-order valence-corrected chi connectivity index (χ1v) is 22.0. The van der Waals surface area contributed by atoms with E-state index in [0.29, 0.717) is 10.0 Å². The molecule has 3 saturated heterocycles. The number of nitrogens with zero attached hydrogens (tertiary/aromatic N) is 4. The van der Waals surface area contributed by atoms with E-state index in [1.54, 1.807) is 32.0 Å². The van der Waals surface area contributed by atoms with Gasteiger partial charge in [0.2, 0.25) is 41.0 Å². The predicted molar refractivity (Wildman–Crippen MR) is 223 cm³/mol. The molecule has 0 unspecified atom stereocenters. The normalized spacial score (nSPS) is 27.1. The zero-order chi connectivity index (χ0) is 47.3. The number of rotatable bonds is 10. The average molecular weight is 985 g/mol. The second-order valence-corrected chi connectivity index (χ2v) is 18.4. The Balaban J connectivity index is 1.66. The van der Waals surface area contributed by atoms with Gasteiger partial charge >= 0.3 is 6.18 Å².